The van der Waals surface area contributed by atoms with Crippen molar-refractivity contribution in [3.05, 3.63) is 59.2 Å². The van der Waals surface area contributed by atoms with Gasteiger partial charge in [0.1, 0.15) is 0 Å². The lowest BCUT2D eigenvalue weighted by Crippen LogP contribution is -2.38. The van der Waals surface area contributed by atoms with E-state index < -0.39 is 37.0 Å². The van der Waals surface area contributed by atoms with Crippen molar-refractivity contribution in [2.45, 2.75) is 121 Å². The van der Waals surface area contributed by atoms with Crippen molar-refractivity contribution in [1.29, 1.82) is 0 Å². The molecule has 0 aliphatic rings. The molecule has 0 unspecified atom stereocenters. The summed E-state index contributed by atoms with van der Waals surface area (Å²) in [6, 6.07) is 9.82. The molecule has 0 aromatic heterocycles. The number of rotatable bonds is 23. The van der Waals surface area contributed by atoms with Gasteiger partial charge >= 0.3 is 5.97 Å². The summed E-state index contributed by atoms with van der Waals surface area (Å²) in [4.78, 5) is 10.8. The quantitative estimate of drug-likeness (QED) is 0.0783. The molecule has 0 fully saturated rings. The van der Waals surface area contributed by atoms with Crippen molar-refractivity contribution < 1.29 is 35.4 Å². The van der Waals surface area contributed by atoms with Crippen LogP contribution in [0.25, 0.3) is 0 Å². The maximum absolute atomic E-state index is 10.8. The lowest BCUT2D eigenvalue weighted by molar-refractivity contribution is -0.137. The summed E-state index contributed by atoms with van der Waals surface area (Å²) in [5, 5.41) is 63.6. The molecule has 1 aromatic carbocycles. The van der Waals surface area contributed by atoms with E-state index in [1.807, 2.05) is 43.3 Å². The Labute approximate surface area is 240 Å². The molecule has 0 saturated carbocycles. The highest BCUT2D eigenvalue weighted by molar-refractivity contribution is 5.66. The SMILES string of the molecule is CCCC[C@H](O)[C@H](O)C=CC(CCc1ccccc1)=C(C[C@H](O)CO)[C@H](CCCCCCC(=O)O)NC[C@H](C)O. The fourth-order valence-corrected chi connectivity index (χ4v) is 4.71. The smallest absolute Gasteiger partial charge is 0.303 e. The Morgan fingerprint density at radius 3 is 2.27 bits per heavy atom. The minimum absolute atomic E-state index is 0.151. The van der Waals surface area contributed by atoms with E-state index in [1.54, 1.807) is 13.0 Å². The maximum Gasteiger partial charge on any atom is 0.303 e. The highest BCUT2D eigenvalue weighted by atomic mass is 16.4. The molecule has 1 rings (SSSR count). The van der Waals surface area contributed by atoms with E-state index in [2.05, 4.69) is 5.32 Å². The van der Waals surface area contributed by atoms with E-state index in [1.165, 1.54) is 0 Å². The van der Waals surface area contributed by atoms with Crippen LogP contribution in [-0.4, -0.2) is 80.2 Å². The van der Waals surface area contributed by atoms with E-state index in [0.717, 1.165) is 55.2 Å². The van der Waals surface area contributed by atoms with Gasteiger partial charge in [0.25, 0.3) is 0 Å². The van der Waals surface area contributed by atoms with Gasteiger partial charge in [-0.05, 0) is 62.2 Å². The largest absolute Gasteiger partial charge is 0.481 e. The van der Waals surface area contributed by atoms with Gasteiger partial charge in [-0.3, -0.25) is 4.79 Å². The summed E-state index contributed by atoms with van der Waals surface area (Å²) in [5.41, 5.74) is 2.95. The summed E-state index contributed by atoms with van der Waals surface area (Å²) in [6.45, 7) is 3.68. The second-order valence-corrected chi connectivity index (χ2v) is 10.8. The maximum atomic E-state index is 10.8. The van der Waals surface area contributed by atoms with Crippen molar-refractivity contribution >= 4 is 5.97 Å². The number of allylic oxidation sites excluding steroid dienone is 2. The minimum atomic E-state index is -1.03. The number of nitrogens with one attached hydrogen (secondary N) is 1. The van der Waals surface area contributed by atoms with Crippen LogP contribution < -0.4 is 5.32 Å². The van der Waals surface area contributed by atoms with Crippen LogP contribution in [0.3, 0.4) is 0 Å². The van der Waals surface area contributed by atoms with Crippen LogP contribution in [0.2, 0.25) is 0 Å². The van der Waals surface area contributed by atoms with Gasteiger partial charge in [-0.15, -0.1) is 0 Å². The lowest BCUT2D eigenvalue weighted by Gasteiger charge is -2.27. The van der Waals surface area contributed by atoms with E-state index in [9.17, 15) is 30.3 Å². The van der Waals surface area contributed by atoms with Crippen LogP contribution in [0.15, 0.2) is 53.6 Å². The first-order valence-electron chi connectivity index (χ1n) is 14.9. The standard InChI is InChI=1S/C32H53NO7/c1-3-4-15-30(37)31(38)20-19-26(18-17-25-12-8-7-9-13-25)28(21-27(36)23-34)29(33-22-24(2)35)14-10-5-6-11-16-32(39)40/h7-9,12-13,19-20,24,27,29-31,33-38H,3-6,10-11,14-18,21-23H2,1-2H3,(H,39,40)/t24-,27-,29-,30-,31+/m0/s1. The molecule has 0 saturated heterocycles. The highest BCUT2D eigenvalue weighted by Gasteiger charge is 2.21. The van der Waals surface area contributed by atoms with Crippen molar-refractivity contribution in [2.24, 2.45) is 0 Å². The third-order valence-electron chi connectivity index (χ3n) is 7.06. The minimum Gasteiger partial charge on any atom is -0.481 e. The van der Waals surface area contributed by atoms with Crippen LogP contribution in [-0.2, 0) is 11.2 Å². The Bertz CT molecular complexity index is 856. The molecular formula is C32H53NO7. The number of aliphatic hydroxyl groups is 5. The van der Waals surface area contributed by atoms with E-state index in [4.69, 9.17) is 5.11 Å². The Balaban J connectivity index is 3.33. The third-order valence-corrected chi connectivity index (χ3v) is 7.06. The summed E-state index contributed by atoms with van der Waals surface area (Å²) in [6.07, 6.45) is 7.77. The van der Waals surface area contributed by atoms with E-state index >= 15 is 0 Å². The fraction of sp³-hybridized carbons (Fsp3) is 0.656. The van der Waals surface area contributed by atoms with Gasteiger partial charge in [0.15, 0.2) is 0 Å². The number of aryl methyl sites for hydroxylation is 1. The highest BCUT2D eigenvalue weighted by Crippen LogP contribution is 2.26. The first-order chi connectivity index (χ1) is 19.2. The Morgan fingerprint density at radius 2 is 1.65 bits per heavy atom. The third kappa shape index (κ3) is 16.3. The average molecular weight is 564 g/mol. The number of carboxylic acid groups (broad SMARTS) is 1. The van der Waals surface area contributed by atoms with Crippen molar-refractivity contribution in [3.63, 3.8) is 0 Å². The van der Waals surface area contributed by atoms with Crippen molar-refractivity contribution in [1.82, 2.24) is 5.32 Å². The van der Waals surface area contributed by atoms with Gasteiger partial charge in [0.05, 0.1) is 31.0 Å². The molecule has 0 spiro atoms. The van der Waals surface area contributed by atoms with Gasteiger partial charge in [-0.25, -0.2) is 0 Å². The second-order valence-electron chi connectivity index (χ2n) is 10.8. The number of carbonyl (C=O) groups is 1. The fourth-order valence-electron chi connectivity index (χ4n) is 4.71. The zero-order valence-corrected chi connectivity index (χ0v) is 24.4. The molecule has 0 radical (unpaired) electrons. The number of unbranched alkanes of at least 4 members (excludes halogenated alkanes) is 4. The molecule has 0 aliphatic carbocycles. The number of aliphatic carboxylic acids is 1. The summed E-state index contributed by atoms with van der Waals surface area (Å²) >= 11 is 0. The average Bonchev–Trinajstić information content (AvgIpc) is 2.94. The molecule has 1 aromatic rings. The number of carboxylic acids is 1. The summed E-state index contributed by atoms with van der Waals surface area (Å²) in [5.74, 6) is -0.795. The lowest BCUT2D eigenvalue weighted by atomic mass is 9.88. The van der Waals surface area contributed by atoms with Crippen LogP contribution >= 0.6 is 0 Å². The van der Waals surface area contributed by atoms with Gasteiger partial charge < -0.3 is 36.0 Å². The number of aliphatic hydroxyl groups excluding tert-OH is 5. The first-order valence-corrected chi connectivity index (χ1v) is 14.9. The Morgan fingerprint density at radius 1 is 0.950 bits per heavy atom. The van der Waals surface area contributed by atoms with Crippen LogP contribution in [0.4, 0.5) is 0 Å². The normalized spacial score (nSPS) is 16.4. The Kier molecular flexibility index (Phi) is 19.5. The Hall–Kier alpha value is -2.07. The predicted molar refractivity (Wildman–Crippen MR) is 159 cm³/mol. The first kappa shape index (κ1) is 36.0. The monoisotopic (exact) mass is 563 g/mol. The number of hydrogen-bond donors (Lipinski definition) is 7. The molecule has 40 heavy (non-hydrogen) atoms. The topological polar surface area (TPSA) is 150 Å². The van der Waals surface area contributed by atoms with Gasteiger partial charge in [-0.1, -0.05) is 81.5 Å². The van der Waals surface area contributed by atoms with Crippen LogP contribution in [0.5, 0.6) is 0 Å². The summed E-state index contributed by atoms with van der Waals surface area (Å²) in [7, 11) is 0. The molecule has 8 heteroatoms. The molecule has 228 valence electrons. The van der Waals surface area contributed by atoms with Gasteiger partial charge in [-0.2, -0.15) is 0 Å². The molecular weight excluding hydrogens is 510 g/mol. The van der Waals surface area contributed by atoms with E-state index in [0.29, 0.717) is 32.2 Å². The van der Waals surface area contributed by atoms with Crippen LogP contribution in [0.1, 0.15) is 90.0 Å². The van der Waals surface area contributed by atoms with Gasteiger partial charge in [0.2, 0.25) is 0 Å². The zero-order valence-electron chi connectivity index (χ0n) is 24.4. The second kappa shape index (κ2) is 21.6. The predicted octanol–water partition coefficient (Wildman–Crippen LogP) is 3.89. The molecule has 7 N–H and O–H groups in total. The molecule has 0 aliphatic heterocycles. The van der Waals surface area contributed by atoms with Crippen LogP contribution in [0, 0.1) is 0 Å². The van der Waals surface area contributed by atoms with Crippen molar-refractivity contribution in [3.8, 4) is 0 Å². The molecule has 0 heterocycles. The van der Waals surface area contributed by atoms with E-state index in [-0.39, 0.29) is 18.9 Å². The number of hydrogen-bond acceptors (Lipinski definition) is 7. The van der Waals surface area contributed by atoms with Crippen molar-refractivity contribution in [2.75, 3.05) is 13.2 Å². The van der Waals surface area contributed by atoms with Gasteiger partial charge in [0, 0.05) is 19.0 Å². The molecule has 5 atom stereocenters. The number of benzene rings is 1. The molecule has 8 nitrogen and oxygen atoms in total. The molecule has 0 bridgehead atoms. The molecule has 0 amide bonds. The summed E-state index contributed by atoms with van der Waals surface area (Å²) < 4.78 is 0. The zero-order chi connectivity index (χ0) is 29.8.